The molecule has 0 fully saturated rings. The lowest BCUT2D eigenvalue weighted by Crippen LogP contribution is -2.17. The van der Waals surface area contributed by atoms with Crippen LogP contribution in [0.4, 0.5) is 5.69 Å². The second kappa shape index (κ2) is 8.16. The molecule has 0 radical (unpaired) electrons. The average molecular weight is 324 g/mol. The fourth-order valence-electron chi connectivity index (χ4n) is 1.91. The Kier molecular flexibility index (Phi) is 6.85. The predicted octanol–water partition coefficient (Wildman–Crippen LogP) is 2.35. The minimum Gasteiger partial charge on any atom is -0.385 e. The molecule has 0 aliphatic carbocycles. The van der Waals surface area contributed by atoms with Gasteiger partial charge in [0.05, 0.1) is 29.6 Å². The molecule has 0 saturated heterocycles. The zero-order chi connectivity index (χ0) is 16.6. The maximum absolute atomic E-state index is 11.7. The third kappa shape index (κ3) is 6.04. The lowest BCUT2D eigenvalue weighted by molar-refractivity contribution is 0.217. The van der Waals surface area contributed by atoms with Crippen molar-refractivity contribution < 1.29 is 13.2 Å². The van der Waals surface area contributed by atoms with E-state index in [9.17, 15) is 8.42 Å². The van der Waals surface area contributed by atoms with E-state index in [4.69, 9.17) is 10.00 Å². The molecule has 5 nitrogen and oxygen atoms in total. The molecule has 0 unspecified atom stereocenters. The van der Waals surface area contributed by atoms with Crippen molar-refractivity contribution >= 4 is 15.5 Å². The van der Waals surface area contributed by atoms with Gasteiger partial charge >= 0.3 is 0 Å². The second-order valence-corrected chi connectivity index (χ2v) is 8.04. The van der Waals surface area contributed by atoms with Gasteiger partial charge in [0.25, 0.3) is 0 Å². The van der Waals surface area contributed by atoms with Crippen molar-refractivity contribution in [3.8, 4) is 6.07 Å². The Labute approximate surface area is 133 Å². The number of hydrogen-bond acceptors (Lipinski definition) is 5. The summed E-state index contributed by atoms with van der Waals surface area (Å²) < 4.78 is 28.1. The number of methoxy groups -OCH3 is 1. The van der Waals surface area contributed by atoms with Crippen molar-refractivity contribution in [3.63, 3.8) is 0 Å². The molecule has 0 saturated carbocycles. The Hall–Kier alpha value is -1.58. The first-order valence-corrected chi connectivity index (χ1v) is 9.08. The quantitative estimate of drug-likeness (QED) is 0.705. The van der Waals surface area contributed by atoms with Crippen molar-refractivity contribution in [1.82, 2.24) is 0 Å². The summed E-state index contributed by atoms with van der Waals surface area (Å²) in [5, 5.41) is 12.3. The molecule has 0 bridgehead atoms. The first-order chi connectivity index (χ1) is 10.3. The number of ether oxygens (including phenoxy) is 1. The number of hydrogen-bond donors (Lipinski definition) is 1. The van der Waals surface area contributed by atoms with Crippen molar-refractivity contribution in [2.45, 2.75) is 25.7 Å². The maximum atomic E-state index is 11.7. The van der Waals surface area contributed by atoms with Crippen LogP contribution in [0.2, 0.25) is 0 Å². The number of sulfone groups is 1. The van der Waals surface area contributed by atoms with Crippen LogP contribution in [-0.4, -0.2) is 40.2 Å². The van der Waals surface area contributed by atoms with E-state index in [2.05, 4.69) is 11.4 Å². The summed E-state index contributed by atoms with van der Waals surface area (Å²) in [7, 11) is -1.53. The van der Waals surface area contributed by atoms with Crippen LogP contribution < -0.4 is 5.32 Å². The summed E-state index contributed by atoms with van der Waals surface area (Å²) in [6, 6.07) is 9.92. The number of nitriles is 1. The van der Waals surface area contributed by atoms with Crippen molar-refractivity contribution in [2.24, 2.45) is 0 Å². The predicted molar refractivity (Wildman–Crippen MR) is 88.7 cm³/mol. The summed E-state index contributed by atoms with van der Waals surface area (Å²) in [6.07, 6.45) is 0.553. The van der Waals surface area contributed by atoms with Gasteiger partial charge in [0.15, 0.2) is 9.84 Å². The summed E-state index contributed by atoms with van der Waals surface area (Å²) in [4.78, 5) is 0. The molecule has 22 heavy (non-hydrogen) atoms. The topological polar surface area (TPSA) is 79.2 Å². The molecule has 0 aromatic heterocycles. The largest absolute Gasteiger partial charge is 0.385 e. The van der Waals surface area contributed by atoms with E-state index in [1.54, 1.807) is 0 Å². The highest BCUT2D eigenvalue weighted by Gasteiger charge is 2.19. The maximum Gasteiger partial charge on any atom is 0.152 e. The zero-order valence-electron chi connectivity index (χ0n) is 13.4. The van der Waals surface area contributed by atoms with Crippen LogP contribution in [0.3, 0.4) is 0 Å². The lowest BCUT2D eigenvalue weighted by atomic mass is 9.86. The van der Waals surface area contributed by atoms with E-state index in [-0.39, 0.29) is 18.1 Å². The Morgan fingerprint density at radius 1 is 1.23 bits per heavy atom. The Morgan fingerprint density at radius 2 is 1.86 bits per heavy atom. The monoisotopic (exact) mass is 324 g/mol. The molecule has 0 amide bonds. The fraction of sp³-hybridized carbons (Fsp3) is 0.562. The normalized spacial score (nSPS) is 11.9. The van der Waals surface area contributed by atoms with Crippen LogP contribution in [-0.2, 0) is 20.0 Å². The molecule has 0 spiro atoms. The van der Waals surface area contributed by atoms with Crippen LogP contribution >= 0.6 is 0 Å². The molecule has 0 atom stereocenters. The smallest absolute Gasteiger partial charge is 0.152 e. The summed E-state index contributed by atoms with van der Waals surface area (Å²) in [5.41, 5.74) is 1.38. The fourth-order valence-corrected chi connectivity index (χ4v) is 3.12. The van der Waals surface area contributed by atoms with E-state index < -0.39 is 15.3 Å². The number of nitrogens with zero attached hydrogens (tertiary/aromatic N) is 1. The van der Waals surface area contributed by atoms with Gasteiger partial charge in [-0.15, -0.1) is 0 Å². The zero-order valence-corrected chi connectivity index (χ0v) is 14.2. The van der Waals surface area contributed by atoms with Gasteiger partial charge < -0.3 is 10.1 Å². The summed E-state index contributed by atoms with van der Waals surface area (Å²) in [6.45, 7) is 4.58. The van der Waals surface area contributed by atoms with Gasteiger partial charge in [0.2, 0.25) is 0 Å². The molecule has 1 N–H and O–H groups in total. The molecule has 1 aromatic carbocycles. The minimum atomic E-state index is -3.03. The SMILES string of the molecule is COCCS(=O)(=O)CCCNc1ccc(C(C)(C)C#N)cc1. The van der Waals surface area contributed by atoms with Gasteiger partial charge in [-0.05, 0) is 38.0 Å². The van der Waals surface area contributed by atoms with Gasteiger partial charge in [0, 0.05) is 19.3 Å². The molecule has 1 rings (SSSR count). The van der Waals surface area contributed by atoms with Gasteiger partial charge in [-0.3, -0.25) is 0 Å². The molecule has 0 aliphatic rings. The first-order valence-electron chi connectivity index (χ1n) is 7.26. The average Bonchev–Trinajstić information content (AvgIpc) is 2.50. The highest BCUT2D eigenvalue weighted by molar-refractivity contribution is 7.91. The number of benzene rings is 1. The van der Waals surface area contributed by atoms with E-state index in [0.29, 0.717) is 13.0 Å². The number of anilines is 1. The van der Waals surface area contributed by atoms with Crippen molar-refractivity contribution in [3.05, 3.63) is 29.8 Å². The lowest BCUT2D eigenvalue weighted by Gasteiger charge is -2.16. The van der Waals surface area contributed by atoms with Gasteiger partial charge in [-0.2, -0.15) is 5.26 Å². The Morgan fingerprint density at radius 3 is 2.41 bits per heavy atom. The third-order valence-corrected chi connectivity index (χ3v) is 5.15. The van der Waals surface area contributed by atoms with E-state index in [1.165, 1.54) is 7.11 Å². The Balaban J connectivity index is 2.42. The highest BCUT2D eigenvalue weighted by atomic mass is 32.2. The molecule has 122 valence electrons. The molecule has 0 heterocycles. The first kappa shape index (κ1) is 18.5. The van der Waals surface area contributed by atoms with Gasteiger partial charge in [-0.25, -0.2) is 8.42 Å². The molecule has 0 aliphatic heterocycles. The van der Waals surface area contributed by atoms with Crippen LogP contribution in [0.15, 0.2) is 24.3 Å². The molecule has 6 heteroatoms. The standard InChI is InChI=1S/C16H24N2O3S/c1-16(2,13-17)14-5-7-15(8-6-14)18-9-4-11-22(19,20)12-10-21-3/h5-8,18H,4,9-12H2,1-3H3. The molecule has 1 aromatic rings. The van der Waals surface area contributed by atoms with E-state index in [0.717, 1.165) is 11.3 Å². The number of rotatable bonds is 9. The van der Waals surface area contributed by atoms with E-state index in [1.807, 2.05) is 38.1 Å². The number of nitrogens with one attached hydrogen (secondary N) is 1. The van der Waals surface area contributed by atoms with Gasteiger partial charge in [0.1, 0.15) is 0 Å². The van der Waals surface area contributed by atoms with Crippen molar-refractivity contribution in [2.75, 3.05) is 37.1 Å². The van der Waals surface area contributed by atoms with Crippen LogP contribution in [0.1, 0.15) is 25.8 Å². The van der Waals surface area contributed by atoms with Crippen molar-refractivity contribution in [1.29, 1.82) is 5.26 Å². The summed E-state index contributed by atoms with van der Waals surface area (Å²) in [5.74, 6) is 0.227. The second-order valence-electron chi connectivity index (χ2n) is 5.74. The van der Waals surface area contributed by atoms with Crippen LogP contribution in [0, 0.1) is 11.3 Å². The molecular weight excluding hydrogens is 300 g/mol. The molecular formula is C16H24N2O3S. The Bertz CT molecular complexity index is 601. The third-order valence-electron chi connectivity index (χ3n) is 3.45. The van der Waals surface area contributed by atoms with E-state index >= 15 is 0 Å². The highest BCUT2D eigenvalue weighted by Crippen LogP contribution is 2.23. The van der Waals surface area contributed by atoms with Crippen LogP contribution in [0.25, 0.3) is 0 Å². The summed E-state index contributed by atoms with van der Waals surface area (Å²) >= 11 is 0. The van der Waals surface area contributed by atoms with Gasteiger partial charge in [-0.1, -0.05) is 12.1 Å². The van der Waals surface area contributed by atoms with Crippen LogP contribution in [0.5, 0.6) is 0 Å². The minimum absolute atomic E-state index is 0.0709.